The van der Waals surface area contributed by atoms with Gasteiger partial charge < -0.3 is 37.0 Å². The summed E-state index contributed by atoms with van der Waals surface area (Å²) in [5.74, 6) is -3.30. The molecule has 0 saturated carbocycles. The number of aliphatic hydroxyl groups is 1. The second-order valence-corrected chi connectivity index (χ2v) is 7.52. The zero-order valence-electron chi connectivity index (χ0n) is 17.5. The van der Waals surface area contributed by atoms with Gasteiger partial charge in [-0.15, -0.1) is 0 Å². The number of carbonyl (C=O) groups is 4. The molecule has 0 bridgehead atoms. The zero-order chi connectivity index (χ0) is 23.6. The number of aliphatic hydroxyl groups excluding tert-OH is 1. The minimum absolute atomic E-state index is 0.0289. The molecule has 11 nitrogen and oxygen atoms in total. The van der Waals surface area contributed by atoms with Gasteiger partial charge in [-0.05, 0) is 30.0 Å². The number of carbonyl (C=O) groups excluding carboxylic acids is 3. The van der Waals surface area contributed by atoms with E-state index in [4.69, 9.17) is 10.8 Å². The maximum atomic E-state index is 12.8. The van der Waals surface area contributed by atoms with Crippen LogP contribution >= 0.6 is 0 Å². The van der Waals surface area contributed by atoms with Crippen molar-refractivity contribution in [3.63, 3.8) is 0 Å². The van der Waals surface area contributed by atoms with Gasteiger partial charge in [0, 0.05) is 6.42 Å². The Morgan fingerprint density at radius 2 is 1.55 bits per heavy atom. The normalized spacial score (nSPS) is 13.7. The molecule has 0 fully saturated rings. The first-order chi connectivity index (χ1) is 14.5. The fourth-order valence-electron chi connectivity index (χ4n) is 2.72. The molecule has 1 rings (SSSR count). The molecule has 3 amide bonds. The molecular formula is C20H30N4O7. The molecule has 1 aromatic carbocycles. The minimum atomic E-state index is -1.41. The average molecular weight is 438 g/mol. The first-order valence-corrected chi connectivity index (χ1v) is 9.78. The van der Waals surface area contributed by atoms with E-state index >= 15 is 0 Å². The first kappa shape index (κ1) is 25.9. The maximum absolute atomic E-state index is 12.8. The predicted octanol–water partition coefficient (Wildman–Crippen LogP) is -1.53. The van der Waals surface area contributed by atoms with Crippen LogP contribution in [0.4, 0.5) is 0 Å². The molecule has 0 aliphatic carbocycles. The summed E-state index contributed by atoms with van der Waals surface area (Å²) < 4.78 is 0. The van der Waals surface area contributed by atoms with Crippen LogP contribution < -0.4 is 21.7 Å². The van der Waals surface area contributed by atoms with E-state index in [2.05, 4.69) is 16.0 Å². The molecule has 0 heterocycles. The molecule has 8 N–H and O–H groups in total. The van der Waals surface area contributed by atoms with Gasteiger partial charge in [-0.1, -0.05) is 26.0 Å². The number of benzene rings is 1. The summed E-state index contributed by atoms with van der Waals surface area (Å²) in [6, 6.07) is 2.60. The van der Waals surface area contributed by atoms with Crippen LogP contribution in [0.2, 0.25) is 0 Å². The van der Waals surface area contributed by atoms with Gasteiger partial charge >= 0.3 is 5.97 Å². The number of rotatable bonds is 12. The van der Waals surface area contributed by atoms with Gasteiger partial charge in [0.15, 0.2) is 0 Å². The van der Waals surface area contributed by atoms with Crippen LogP contribution in [-0.2, 0) is 25.6 Å². The van der Waals surface area contributed by atoms with Crippen LogP contribution in [-0.4, -0.2) is 70.3 Å². The molecule has 31 heavy (non-hydrogen) atoms. The highest BCUT2D eigenvalue weighted by Crippen LogP contribution is 2.12. The highest BCUT2D eigenvalue weighted by molar-refractivity contribution is 5.93. The van der Waals surface area contributed by atoms with Crippen LogP contribution in [0.15, 0.2) is 24.3 Å². The van der Waals surface area contributed by atoms with Crippen molar-refractivity contribution in [2.75, 3.05) is 13.2 Å². The molecule has 0 spiro atoms. The number of phenolic OH excluding ortho intramolecular Hbond substituents is 1. The van der Waals surface area contributed by atoms with Gasteiger partial charge in [0.2, 0.25) is 17.7 Å². The van der Waals surface area contributed by atoms with Crippen LogP contribution in [0.25, 0.3) is 0 Å². The quantitative estimate of drug-likeness (QED) is 0.204. The number of amides is 3. The van der Waals surface area contributed by atoms with E-state index in [-0.39, 0.29) is 18.1 Å². The Kier molecular flexibility index (Phi) is 10.4. The zero-order valence-corrected chi connectivity index (χ0v) is 17.5. The Hall–Kier alpha value is -3.18. The molecule has 3 atom stereocenters. The number of nitrogens with one attached hydrogen (secondary N) is 3. The second kappa shape index (κ2) is 12.5. The van der Waals surface area contributed by atoms with E-state index < -0.39 is 55.0 Å². The Morgan fingerprint density at radius 1 is 0.968 bits per heavy atom. The van der Waals surface area contributed by atoms with E-state index in [9.17, 15) is 29.4 Å². The highest BCUT2D eigenvalue weighted by atomic mass is 16.4. The lowest BCUT2D eigenvalue weighted by Gasteiger charge is -2.24. The third-order valence-corrected chi connectivity index (χ3v) is 4.30. The minimum Gasteiger partial charge on any atom is -0.508 e. The molecular weight excluding hydrogens is 408 g/mol. The Morgan fingerprint density at radius 3 is 2.06 bits per heavy atom. The average Bonchev–Trinajstić information content (AvgIpc) is 2.70. The fourth-order valence-corrected chi connectivity index (χ4v) is 2.72. The van der Waals surface area contributed by atoms with E-state index in [1.54, 1.807) is 12.1 Å². The summed E-state index contributed by atoms with van der Waals surface area (Å²) in [6.07, 6.45) is 0.428. The number of carboxylic acid groups (broad SMARTS) is 1. The smallest absolute Gasteiger partial charge is 0.322 e. The van der Waals surface area contributed by atoms with Gasteiger partial charge in [-0.25, -0.2) is 0 Å². The Bertz CT molecular complexity index is 767. The summed E-state index contributed by atoms with van der Waals surface area (Å²) >= 11 is 0. The summed E-state index contributed by atoms with van der Waals surface area (Å²) in [5, 5.41) is 34.4. The number of hydrogen-bond acceptors (Lipinski definition) is 7. The molecule has 0 aliphatic rings. The van der Waals surface area contributed by atoms with Crippen molar-refractivity contribution in [1.82, 2.24) is 16.0 Å². The molecule has 0 saturated heterocycles. The lowest BCUT2D eigenvalue weighted by molar-refractivity contribution is -0.139. The van der Waals surface area contributed by atoms with Gasteiger partial charge in [0.25, 0.3) is 0 Å². The third-order valence-electron chi connectivity index (χ3n) is 4.30. The van der Waals surface area contributed by atoms with E-state index in [0.717, 1.165) is 0 Å². The van der Waals surface area contributed by atoms with Crippen molar-refractivity contribution in [3.05, 3.63) is 29.8 Å². The van der Waals surface area contributed by atoms with Crippen molar-refractivity contribution in [3.8, 4) is 5.75 Å². The van der Waals surface area contributed by atoms with Crippen molar-refractivity contribution in [1.29, 1.82) is 0 Å². The summed E-state index contributed by atoms with van der Waals surface area (Å²) in [7, 11) is 0. The van der Waals surface area contributed by atoms with Crippen molar-refractivity contribution in [2.45, 2.75) is 44.8 Å². The van der Waals surface area contributed by atoms with E-state index in [1.165, 1.54) is 12.1 Å². The fraction of sp³-hybridized carbons (Fsp3) is 0.500. The topological polar surface area (TPSA) is 191 Å². The predicted molar refractivity (Wildman–Crippen MR) is 111 cm³/mol. The summed E-state index contributed by atoms with van der Waals surface area (Å²) in [4.78, 5) is 47.8. The highest BCUT2D eigenvalue weighted by Gasteiger charge is 2.28. The lowest BCUT2D eigenvalue weighted by Crippen LogP contribution is -2.57. The number of phenols is 1. The number of nitrogens with two attached hydrogens (primary N) is 1. The summed E-state index contributed by atoms with van der Waals surface area (Å²) in [6.45, 7) is 2.34. The van der Waals surface area contributed by atoms with Crippen molar-refractivity contribution < 1.29 is 34.5 Å². The van der Waals surface area contributed by atoms with Crippen molar-refractivity contribution in [2.24, 2.45) is 11.7 Å². The van der Waals surface area contributed by atoms with Crippen LogP contribution in [0.5, 0.6) is 5.75 Å². The van der Waals surface area contributed by atoms with Crippen LogP contribution in [0, 0.1) is 5.92 Å². The van der Waals surface area contributed by atoms with Gasteiger partial charge in [-0.2, -0.15) is 0 Å². The summed E-state index contributed by atoms with van der Waals surface area (Å²) in [5.41, 5.74) is 6.50. The molecule has 0 aromatic heterocycles. The van der Waals surface area contributed by atoms with E-state index in [0.29, 0.717) is 12.0 Å². The molecule has 0 aliphatic heterocycles. The monoisotopic (exact) mass is 438 g/mol. The van der Waals surface area contributed by atoms with Gasteiger partial charge in [-0.3, -0.25) is 19.2 Å². The lowest BCUT2D eigenvalue weighted by atomic mass is 10.0. The molecule has 3 unspecified atom stereocenters. The second-order valence-electron chi connectivity index (χ2n) is 7.52. The largest absolute Gasteiger partial charge is 0.508 e. The first-order valence-electron chi connectivity index (χ1n) is 9.78. The third kappa shape index (κ3) is 9.45. The number of aromatic hydroxyl groups is 1. The number of hydrogen-bond donors (Lipinski definition) is 7. The number of aliphatic carboxylic acids is 1. The SMILES string of the molecule is CC(C)CC(N)C(=O)NC(Cc1ccc(O)cc1)C(=O)NC(CO)C(=O)NCC(=O)O. The molecule has 11 heteroatoms. The Balaban J connectivity index is 2.95. The van der Waals surface area contributed by atoms with Crippen LogP contribution in [0.1, 0.15) is 25.8 Å². The Labute approximate surface area is 180 Å². The van der Waals surface area contributed by atoms with E-state index in [1.807, 2.05) is 13.8 Å². The van der Waals surface area contributed by atoms with Crippen LogP contribution in [0.3, 0.4) is 0 Å². The standard InChI is InChI=1S/C20H30N4O7/c1-11(2)7-14(21)18(29)23-15(8-12-3-5-13(26)6-4-12)20(31)24-16(10-25)19(30)22-9-17(27)28/h3-6,11,14-16,25-26H,7-10,21H2,1-2H3,(H,22,30)(H,23,29)(H,24,31)(H,27,28). The van der Waals surface area contributed by atoms with Gasteiger partial charge in [0.05, 0.1) is 12.6 Å². The number of carboxylic acids is 1. The van der Waals surface area contributed by atoms with Crippen molar-refractivity contribution >= 4 is 23.7 Å². The molecule has 0 radical (unpaired) electrons. The van der Waals surface area contributed by atoms with Gasteiger partial charge in [0.1, 0.15) is 24.4 Å². The molecule has 1 aromatic rings. The molecule has 172 valence electrons. The maximum Gasteiger partial charge on any atom is 0.322 e.